The smallest absolute Gasteiger partial charge is 0.475 e. The van der Waals surface area contributed by atoms with Gasteiger partial charge in [0.15, 0.2) is 11.6 Å². The molecule has 0 amide bonds. The summed E-state index contributed by atoms with van der Waals surface area (Å²) in [6.45, 7) is 2.03. The fraction of sp³-hybridized carbons (Fsp3) is 0.172. The average Bonchev–Trinajstić information content (AvgIpc) is 3.32. The van der Waals surface area contributed by atoms with Gasteiger partial charge in [0.1, 0.15) is 17.7 Å². The summed E-state index contributed by atoms with van der Waals surface area (Å²) in [5.74, 6) is -1.70. The van der Waals surface area contributed by atoms with Crippen molar-refractivity contribution < 1.29 is 27.5 Å². The van der Waals surface area contributed by atoms with E-state index in [2.05, 4.69) is 15.4 Å². The Bertz CT molecular complexity index is 1800. The van der Waals surface area contributed by atoms with Crippen molar-refractivity contribution in [2.75, 3.05) is 11.1 Å². The average molecular weight is 635 g/mol. The second-order valence-electron chi connectivity index (χ2n) is 9.26. The number of aryl methyl sites for hydroxylation is 2. The molecule has 0 aliphatic heterocycles. The highest BCUT2D eigenvalue weighted by molar-refractivity contribution is 6.36. The van der Waals surface area contributed by atoms with Gasteiger partial charge in [-0.1, -0.05) is 42.3 Å². The van der Waals surface area contributed by atoms with E-state index in [4.69, 9.17) is 43.8 Å². The van der Waals surface area contributed by atoms with Crippen molar-refractivity contribution in [3.05, 3.63) is 99.7 Å². The Balaban J connectivity index is 0.000000541. The molecule has 2 heterocycles. The molecule has 3 aromatic carbocycles. The zero-order chi connectivity index (χ0) is 31.5. The lowest BCUT2D eigenvalue weighted by atomic mass is 10.0. The molecule has 8 nitrogen and oxygen atoms in total. The minimum absolute atomic E-state index is 0.340. The number of aromatic nitrogens is 4. The molecule has 4 N–H and O–H groups in total. The zero-order valence-electron chi connectivity index (χ0n) is 22.6. The van der Waals surface area contributed by atoms with E-state index in [1.165, 1.54) is 6.07 Å². The number of carboxylic acid groups (broad SMARTS) is 1. The van der Waals surface area contributed by atoms with Crippen LogP contribution in [0.2, 0.25) is 10.0 Å². The summed E-state index contributed by atoms with van der Waals surface area (Å²) in [5, 5.41) is 17.9. The van der Waals surface area contributed by atoms with Gasteiger partial charge < -0.3 is 16.2 Å². The Hall–Kier alpha value is -4.42. The number of halogens is 6. The SMILES string of the molecule is CCc1ccc(F)c(C(Nc2ccc3c(N)nccc3c2)c2nc(-c3ccc(Cl)cc3Cl)nn2C)c1.O=C(O)C(F)(F)F. The fourth-order valence-corrected chi connectivity index (χ4v) is 4.70. The van der Waals surface area contributed by atoms with E-state index >= 15 is 4.39 Å². The summed E-state index contributed by atoms with van der Waals surface area (Å²) in [4.78, 5) is 17.8. The summed E-state index contributed by atoms with van der Waals surface area (Å²) in [6.07, 6.45) is -2.65. The minimum atomic E-state index is -5.08. The Morgan fingerprint density at radius 2 is 1.81 bits per heavy atom. The predicted molar refractivity (Wildman–Crippen MR) is 158 cm³/mol. The van der Waals surface area contributed by atoms with Crippen LogP contribution in [0, 0.1) is 5.82 Å². The first-order chi connectivity index (χ1) is 20.3. The van der Waals surface area contributed by atoms with Gasteiger partial charge >= 0.3 is 12.1 Å². The van der Waals surface area contributed by atoms with Crippen molar-refractivity contribution >= 4 is 51.4 Å². The summed E-state index contributed by atoms with van der Waals surface area (Å²) >= 11 is 12.5. The van der Waals surface area contributed by atoms with E-state index in [0.29, 0.717) is 38.6 Å². The highest BCUT2D eigenvalue weighted by Crippen LogP contribution is 2.33. The molecule has 0 aliphatic rings. The third-order valence-electron chi connectivity index (χ3n) is 6.36. The first kappa shape index (κ1) is 31.5. The van der Waals surface area contributed by atoms with Crippen molar-refractivity contribution in [3.8, 4) is 11.4 Å². The minimum Gasteiger partial charge on any atom is -0.475 e. The molecular formula is C29H24Cl2F4N6O2. The first-order valence-corrected chi connectivity index (χ1v) is 13.4. The van der Waals surface area contributed by atoms with Crippen LogP contribution in [0.3, 0.4) is 0 Å². The number of hydrogen-bond acceptors (Lipinski definition) is 6. The summed E-state index contributed by atoms with van der Waals surface area (Å²) in [5.41, 5.74) is 8.91. The van der Waals surface area contributed by atoms with E-state index in [0.717, 1.165) is 28.4 Å². The molecule has 5 aromatic rings. The second-order valence-corrected chi connectivity index (χ2v) is 10.1. The molecule has 0 fully saturated rings. The molecule has 0 spiro atoms. The molecule has 14 heteroatoms. The predicted octanol–water partition coefficient (Wildman–Crippen LogP) is 7.46. The Morgan fingerprint density at radius 1 is 1.09 bits per heavy atom. The standard InChI is InChI=1S/C27H23Cl2FN6.C2HF3O2/c1-3-15-4-9-23(30)21(12-15)24(33-18-6-8-19-16(13-18)10-11-32-25(19)31)27-34-26(35-36(27)2)20-7-5-17(28)14-22(20)29;3-2(4,5)1(6)7/h4-14,24,33H,3H2,1-2H3,(H2,31,32);(H,6,7). The van der Waals surface area contributed by atoms with E-state index < -0.39 is 18.2 Å². The molecular weight excluding hydrogens is 611 g/mol. The molecule has 1 unspecified atom stereocenters. The fourth-order valence-electron chi connectivity index (χ4n) is 4.21. The van der Waals surface area contributed by atoms with Crippen LogP contribution in [0.4, 0.5) is 29.1 Å². The van der Waals surface area contributed by atoms with Gasteiger partial charge in [0, 0.05) is 40.5 Å². The van der Waals surface area contributed by atoms with Gasteiger partial charge in [0.25, 0.3) is 0 Å². The van der Waals surface area contributed by atoms with Gasteiger partial charge in [-0.15, -0.1) is 0 Å². The third-order valence-corrected chi connectivity index (χ3v) is 6.90. The summed E-state index contributed by atoms with van der Waals surface area (Å²) in [6, 6.07) is 17.3. The molecule has 2 aromatic heterocycles. The topological polar surface area (TPSA) is 119 Å². The number of nitrogens with two attached hydrogens (primary N) is 1. The van der Waals surface area contributed by atoms with E-state index in [9.17, 15) is 13.2 Å². The number of benzene rings is 3. The van der Waals surface area contributed by atoms with Gasteiger partial charge in [-0.2, -0.15) is 18.3 Å². The van der Waals surface area contributed by atoms with Crippen molar-refractivity contribution in [1.29, 1.82) is 0 Å². The Kier molecular flexibility index (Phi) is 9.41. The molecule has 1 atom stereocenters. The molecule has 0 saturated carbocycles. The molecule has 43 heavy (non-hydrogen) atoms. The maximum atomic E-state index is 15.3. The summed E-state index contributed by atoms with van der Waals surface area (Å²) < 4.78 is 48.6. The monoisotopic (exact) mass is 634 g/mol. The van der Waals surface area contributed by atoms with Crippen LogP contribution >= 0.6 is 23.2 Å². The van der Waals surface area contributed by atoms with E-state index in [1.54, 1.807) is 42.2 Å². The lowest BCUT2D eigenvalue weighted by Gasteiger charge is -2.21. The number of nitrogen functional groups attached to an aromatic ring is 1. The van der Waals surface area contributed by atoms with Crippen LogP contribution in [0.25, 0.3) is 22.2 Å². The molecule has 224 valence electrons. The van der Waals surface area contributed by atoms with Crippen molar-refractivity contribution in [2.24, 2.45) is 7.05 Å². The van der Waals surface area contributed by atoms with Crippen LogP contribution in [0.5, 0.6) is 0 Å². The number of hydrogen-bond donors (Lipinski definition) is 3. The van der Waals surface area contributed by atoms with Gasteiger partial charge in [0.2, 0.25) is 0 Å². The van der Waals surface area contributed by atoms with Gasteiger partial charge in [0.05, 0.1) is 5.02 Å². The van der Waals surface area contributed by atoms with Crippen LogP contribution < -0.4 is 11.1 Å². The highest BCUT2D eigenvalue weighted by Gasteiger charge is 2.38. The number of nitrogens with one attached hydrogen (secondary N) is 1. The zero-order valence-corrected chi connectivity index (χ0v) is 24.1. The number of carboxylic acids is 1. The molecule has 0 aliphatic carbocycles. The van der Waals surface area contributed by atoms with E-state index in [-0.39, 0.29) is 5.82 Å². The lowest BCUT2D eigenvalue weighted by molar-refractivity contribution is -0.192. The highest BCUT2D eigenvalue weighted by atomic mass is 35.5. The lowest BCUT2D eigenvalue weighted by Crippen LogP contribution is -2.21. The van der Waals surface area contributed by atoms with E-state index in [1.807, 2.05) is 37.3 Å². The van der Waals surface area contributed by atoms with Gasteiger partial charge in [-0.3, -0.25) is 4.68 Å². The van der Waals surface area contributed by atoms with Crippen LogP contribution in [0.1, 0.15) is 29.9 Å². The molecule has 0 bridgehead atoms. The van der Waals surface area contributed by atoms with Gasteiger partial charge in [-0.05, 0) is 65.9 Å². The molecule has 5 rings (SSSR count). The number of pyridine rings is 1. The molecule has 0 saturated heterocycles. The Labute approximate surface area is 253 Å². The van der Waals surface area contributed by atoms with Crippen molar-refractivity contribution in [1.82, 2.24) is 19.7 Å². The van der Waals surface area contributed by atoms with Crippen molar-refractivity contribution in [3.63, 3.8) is 0 Å². The quantitative estimate of drug-likeness (QED) is 0.166. The molecule has 0 radical (unpaired) electrons. The first-order valence-electron chi connectivity index (χ1n) is 12.6. The normalized spacial score (nSPS) is 12.0. The third kappa shape index (κ3) is 7.33. The van der Waals surface area contributed by atoms with Crippen LogP contribution in [-0.4, -0.2) is 37.0 Å². The second kappa shape index (κ2) is 12.8. The number of anilines is 2. The largest absolute Gasteiger partial charge is 0.490 e. The maximum absolute atomic E-state index is 15.3. The number of aliphatic carboxylic acids is 1. The number of fused-ring (bicyclic) bond motifs is 1. The maximum Gasteiger partial charge on any atom is 0.490 e. The number of nitrogens with zero attached hydrogens (tertiary/aromatic N) is 4. The van der Waals surface area contributed by atoms with Crippen molar-refractivity contribution in [2.45, 2.75) is 25.6 Å². The van der Waals surface area contributed by atoms with Crippen LogP contribution in [-0.2, 0) is 18.3 Å². The number of rotatable bonds is 6. The summed E-state index contributed by atoms with van der Waals surface area (Å²) in [7, 11) is 1.78. The Morgan fingerprint density at radius 3 is 2.47 bits per heavy atom. The number of alkyl halides is 3. The van der Waals surface area contributed by atoms with Crippen LogP contribution in [0.15, 0.2) is 66.9 Å². The number of carbonyl (C=O) groups is 1. The van der Waals surface area contributed by atoms with Gasteiger partial charge in [-0.25, -0.2) is 19.2 Å².